The maximum absolute atomic E-state index is 12.1. The third-order valence-electron chi connectivity index (χ3n) is 2.90. The van der Waals surface area contributed by atoms with Crippen LogP contribution in [0, 0.1) is 5.92 Å². The predicted octanol–water partition coefficient (Wildman–Crippen LogP) is 0.744. The third-order valence-corrected chi connectivity index (χ3v) is 2.90. The van der Waals surface area contributed by atoms with E-state index < -0.39 is 5.92 Å². The van der Waals surface area contributed by atoms with Crippen LogP contribution < -0.4 is 11.1 Å². The van der Waals surface area contributed by atoms with Gasteiger partial charge in [0.15, 0.2) is 5.84 Å². The van der Waals surface area contributed by atoms with Crippen LogP contribution in [-0.2, 0) is 16.0 Å². The van der Waals surface area contributed by atoms with Crippen LogP contribution in [0.5, 0.6) is 0 Å². The second kappa shape index (κ2) is 8.92. The first-order valence-corrected chi connectivity index (χ1v) is 6.47. The average molecular weight is 279 g/mol. The Balaban J connectivity index is 2.62. The van der Waals surface area contributed by atoms with Crippen molar-refractivity contribution in [2.24, 2.45) is 16.8 Å². The van der Waals surface area contributed by atoms with Gasteiger partial charge in [-0.1, -0.05) is 35.5 Å². The summed E-state index contributed by atoms with van der Waals surface area (Å²) in [4.78, 5) is 12.1. The second-order valence-electron chi connectivity index (χ2n) is 4.40. The Kier molecular flexibility index (Phi) is 7.13. The smallest absolute Gasteiger partial charge is 0.231 e. The molecule has 110 valence electrons. The molecule has 0 aromatic heterocycles. The molecule has 1 aromatic carbocycles. The molecule has 1 rings (SSSR count). The van der Waals surface area contributed by atoms with E-state index in [1.54, 1.807) is 7.11 Å². The molecule has 0 heterocycles. The number of nitrogens with zero attached hydrogens (tertiary/aromatic N) is 1. The van der Waals surface area contributed by atoms with Crippen molar-refractivity contribution in [3.05, 3.63) is 35.9 Å². The Morgan fingerprint density at radius 2 is 2.15 bits per heavy atom. The number of nitrogens with two attached hydrogens (primary N) is 1. The zero-order valence-corrected chi connectivity index (χ0v) is 11.6. The SMILES string of the molecule is COCCCNC(=O)C(Cc1ccccc1)C(N)=NO. The summed E-state index contributed by atoms with van der Waals surface area (Å²) in [6.07, 6.45) is 1.11. The first-order chi connectivity index (χ1) is 9.69. The lowest BCUT2D eigenvalue weighted by molar-refractivity contribution is -0.123. The highest BCUT2D eigenvalue weighted by Crippen LogP contribution is 2.09. The van der Waals surface area contributed by atoms with Crippen molar-refractivity contribution in [1.82, 2.24) is 5.32 Å². The Bertz CT molecular complexity index is 435. The molecule has 4 N–H and O–H groups in total. The van der Waals surface area contributed by atoms with Crippen LogP contribution in [0.15, 0.2) is 35.5 Å². The molecule has 6 nitrogen and oxygen atoms in total. The molecule has 6 heteroatoms. The number of hydrogen-bond donors (Lipinski definition) is 3. The van der Waals surface area contributed by atoms with Gasteiger partial charge in [-0.25, -0.2) is 0 Å². The first kappa shape index (κ1) is 16.0. The minimum atomic E-state index is -0.676. The molecule has 0 fully saturated rings. The number of amidine groups is 1. The molecule has 0 radical (unpaired) electrons. The second-order valence-corrected chi connectivity index (χ2v) is 4.40. The molecule has 0 spiro atoms. The van der Waals surface area contributed by atoms with Crippen LogP contribution in [0.2, 0.25) is 0 Å². The molecule has 0 bridgehead atoms. The van der Waals surface area contributed by atoms with E-state index in [0.29, 0.717) is 19.6 Å². The van der Waals surface area contributed by atoms with Gasteiger partial charge in [-0.3, -0.25) is 4.79 Å². The number of oxime groups is 1. The molecule has 1 atom stereocenters. The van der Waals surface area contributed by atoms with Crippen LogP contribution in [0.25, 0.3) is 0 Å². The minimum Gasteiger partial charge on any atom is -0.409 e. The quantitative estimate of drug-likeness (QED) is 0.215. The van der Waals surface area contributed by atoms with Gasteiger partial charge in [0.1, 0.15) is 5.92 Å². The number of rotatable bonds is 8. The third kappa shape index (κ3) is 5.27. The maximum atomic E-state index is 12.1. The average Bonchev–Trinajstić information content (AvgIpc) is 2.49. The van der Waals surface area contributed by atoms with Gasteiger partial charge in [-0.05, 0) is 18.4 Å². The number of benzene rings is 1. The van der Waals surface area contributed by atoms with E-state index >= 15 is 0 Å². The molecule has 0 aliphatic heterocycles. The number of ether oxygens (including phenoxy) is 1. The van der Waals surface area contributed by atoms with Crippen LogP contribution in [0.4, 0.5) is 0 Å². The molecular weight excluding hydrogens is 258 g/mol. The summed E-state index contributed by atoms with van der Waals surface area (Å²) in [6, 6.07) is 9.46. The van der Waals surface area contributed by atoms with Crippen molar-refractivity contribution in [3.8, 4) is 0 Å². The van der Waals surface area contributed by atoms with E-state index in [1.165, 1.54) is 0 Å². The fourth-order valence-corrected chi connectivity index (χ4v) is 1.80. The van der Waals surface area contributed by atoms with Gasteiger partial charge >= 0.3 is 0 Å². The van der Waals surface area contributed by atoms with Crippen molar-refractivity contribution in [3.63, 3.8) is 0 Å². The Morgan fingerprint density at radius 1 is 1.45 bits per heavy atom. The fourth-order valence-electron chi connectivity index (χ4n) is 1.80. The Morgan fingerprint density at radius 3 is 2.75 bits per heavy atom. The van der Waals surface area contributed by atoms with E-state index in [4.69, 9.17) is 15.7 Å². The topological polar surface area (TPSA) is 96.9 Å². The van der Waals surface area contributed by atoms with Gasteiger partial charge in [-0.2, -0.15) is 0 Å². The van der Waals surface area contributed by atoms with E-state index in [1.807, 2.05) is 30.3 Å². The molecule has 0 aliphatic carbocycles. The van der Waals surface area contributed by atoms with E-state index in [-0.39, 0.29) is 11.7 Å². The normalized spacial score (nSPS) is 12.9. The molecule has 20 heavy (non-hydrogen) atoms. The summed E-state index contributed by atoms with van der Waals surface area (Å²) >= 11 is 0. The largest absolute Gasteiger partial charge is 0.409 e. The molecule has 1 unspecified atom stereocenters. The van der Waals surface area contributed by atoms with Crippen LogP contribution in [-0.4, -0.2) is 37.2 Å². The highest BCUT2D eigenvalue weighted by Gasteiger charge is 2.23. The van der Waals surface area contributed by atoms with Crippen molar-refractivity contribution >= 4 is 11.7 Å². The number of hydrogen-bond acceptors (Lipinski definition) is 4. The van der Waals surface area contributed by atoms with Crippen molar-refractivity contribution in [1.29, 1.82) is 0 Å². The van der Waals surface area contributed by atoms with Crippen LogP contribution >= 0.6 is 0 Å². The summed E-state index contributed by atoms with van der Waals surface area (Å²) in [5, 5.41) is 14.5. The molecule has 1 amide bonds. The molecule has 0 aliphatic rings. The highest BCUT2D eigenvalue weighted by atomic mass is 16.5. The van der Waals surface area contributed by atoms with E-state index in [0.717, 1.165) is 12.0 Å². The monoisotopic (exact) mass is 279 g/mol. The Labute approximate surface area is 118 Å². The van der Waals surface area contributed by atoms with Gasteiger partial charge in [0, 0.05) is 20.3 Å². The lowest BCUT2D eigenvalue weighted by atomic mass is 9.97. The summed E-state index contributed by atoms with van der Waals surface area (Å²) in [5.74, 6) is -1.01. The number of nitrogens with one attached hydrogen (secondary N) is 1. The zero-order valence-electron chi connectivity index (χ0n) is 11.6. The minimum absolute atomic E-state index is 0.0851. The van der Waals surface area contributed by atoms with Gasteiger partial charge in [0.2, 0.25) is 5.91 Å². The molecule has 0 saturated heterocycles. The lowest BCUT2D eigenvalue weighted by Gasteiger charge is -2.15. The Hall–Kier alpha value is -2.08. The number of carbonyl (C=O) groups is 1. The molecular formula is C14H21N3O3. The zero-order chi connectivity index (χ0) is 14.8. The predicted molar refractivity (Wildman–Crippen MR) is 76.5 cm³/mol. The molecule has 0 saturated carbocycles. The van der Waals surface area contributed by atoms with Crippen molar-refractivity contribution < 1.29 is 14.7 Å². The number of amides is 1. The molecule has 1 aromatic rings. The van der Waals surface area contributed by atoms with Crippen LogP contribution in [0.1, 0.15) is 12.0 Å². The standard InChI is InChI=1S/C14H21N3O3/c1-20-9-5-8-16-14(18)12(13(15)17-19)10-11-6-3-2-4-7-11/h2-4,6-7,12,19H,5,8-10H2,1H3,(H2,15,17)(H,16,18). The fraction of sp³-hybridized carbons (Fsp3) is 0.429. The summed E-state index contributed by atoms with van der Waals surface area (Å²) in [6.45, 7) is 1.07. The van der Waals surface area contributed by atoms with Crippen molar-refractivity contribution in [2.45, 2.75) is 12.8 Å². The van der Waals surface area contributed by atoms with Crippen molar-refractivity contribution in [2.75, 3.05) is 20.3 Å². The van der Waals surface area contributed by atoms with Gasteiger partial charge in [0.25, 0.3) is 0 Å². The van der Waals surface area contributed by atoms with Gasteiger partial charge in [0.05, 0.1) is 0 Å². The number of methoxy groups -OCH3 is 1. The summed E-state index contributed by atoms with van der Waals surface area (Å²) in [7, 11) is 1.61. The van der Waals surface area contributed by atoms with Gasteiger partial charge < -0.3 is 21.0 Å². The highest BCUT2D eigenvalue weighted by molar-refractivity contribution is 6.02. The van der Waals surface area contributed by atoms with E-state index in [2.05, 4.69) is 10.5 Å². The first-order valence-electron chi connectivity index (χ1n) is 6.47. The lowest BCUT2D eigenvalue weighted by Crippen LogP contribution is -2.40. The van der Waals surface area contributed by atoms with Gasteiger partial charge in [-0.15, -0.1) is 0 Å². The van der Waals surface area contributed by atoms with E-state index in [9.17, 15) is 4.79 Å². The van der Waals surface area contributed by atoms with Crippen LogP contribution in [0.3, 0.4) is 0 Å². The summed E-state index contributed by atoms with van der Waals surface area (Å²) in [5.41, 5.74) is 6.57. The summed E-state index contributed by atoms with van der Waals surface area (Å²) < 4.78 is 4.91. The maximum Gasteiger partial charge on any atom is 0.231 e. The number of carbonyl (C=O) groups excluding carboxylic acids is 1.